The molecule has 1 amide bonds. The number of rotatable bonds is 11. The number of benzene rings is 2. The van der Waals surface area contributed by atoms with Gasteiger partial charge >= 0.3 is 6.09 Å². The first-order valence-corrected chi connectivity index (χ1v) is 16.1. The Kier molecular flexibility index (Phi) is 8.45. The molecule has 4 N–H and O–H groups in total. The molecule has 11 nitrogen and oxygen atoms in total. The molecule has 3 aliphatic heterocycles. The highest BCUT2D eigenvalue weighted by atomic mass is 32.2. The lowest BCUT2D eigenvalue weighted by Gasteiger charge is -2.40. The molecule has 2 aromatic rings. The van der Waals surface area contributed by atoms with Gasteiger partial charge in [-0.15, -0.1) is 0 Å². The summed E-state index contributed by atoms with van der Waals surface area (Å²) >= 11 is 0. The molecule has 0 radical (unpaired) electrons. The number of carbonyl (C=O) groups excluding carboxylic acids is 1. The second kappa shape index (κ2) is 12.1. The first kappa shape index (κ1) is 29.3. The van der Waals surface area contributed by atoms with Gasteiger partial charge in [-0.1, -0.05) is 30.3 Å². The van der Waals surface area contributed by atoms with Crippen LogP contribution in [-0.4, -0.2) is 99.3 Å². The van der Waals surface area contributed by atoms with Crippen LogP contribution >= 0.6 is 0 Å². The van der Waals surface area contributed by atoms with Crippen LogP contribution in [0.25, 0.3) is 0 Å². The highest BCUT2D eigenvalue weighted by Gasteiger charge is 2.53. The molecule has 42 heavy (non-hydrogen) atoms. The molecule has 4 aliphatic rings. The molecule has 7 atom stereocenters. The van der Waals surface area contributed by atoms with Crippen molar-refractivity contribution in [3.8, 4) is 0 Å². The minimum Gasteiger partial charge on any atom is -0.443 e. The topological polar surface area (TPSA) is 144 Å². The number of hydrogen-bond donors (Lipinski definition) is 3. The number of alkyl carbamates (subject to hydrolysis) is 1. The number of likely N-dealkylation sites (tertiary alicyclic amines) is 1. The van der Waals surface area contributed by atoms with Crippen LogP contribution in [-0.2, 0) is 30.7 Å². The van der Waals surface area contributed by atoms with Gasteiger partial charge in [0.2, 0.25) is 10.0 Å². The normalized spacial score (nSPS) is 28.8. The maximum atomic E-state index is 13.8. The standard InChI is InChI=1S/C30H40N4O7S/c1-33-14-20(15-33)16-34(42(37,38)24-9-7-23(31)8-10-24)17-26(35)25(11-19-5-3-2-4-6-19)32-30(36)41-28-22-12-21-13-27(28)40-29(21)39-18-22/h2-10,20-22,25-29,35H,11-18,31H2,1H3,(H,32,36). The highest BCUT2D eigenvalue weighted by Crippen LogP contribution is 2.46. The molecule has 0 spiro atoms. The van der Waals surface area contributed by atoms with Crippen LogP contribution in [0.5, 0.6) is 0 Å². The first-order chi connectivity index (χ1) is 20.2. The van der Waals surface area contributed by atoms with E-state index < -0.39 is 34.4 Å². The number of carbonyl (C=O) groups is 1. The number of nitrogens with zero attached hydrogens (tertiary/aromatic N) is 2. The second-order valence-corrected chi connectivity index (χ2v) is 14.2. The van der Waals surface area contributed by atoms with Gasteiger partial charge in [0, 0.05) is 43.7 Å². The molecule has 3 saturated heterocycles. The van der Waals surface area contributed by atoms with Gasteiger partial charge in [-0.25, -0.2) is 13.2 Å². The van der Waals surface area contributed by atoms with E-state index in [4.69, 9.17) is 19.9 Å². The number of anilines is 1. The van der Waals surface area contributed by atoms with Gasteiger partial charge < -0.3 is 35.3 Å². The minimum atomic E-state index is -3.95. The summed E-state index contributed by atoms with van der Waals surface area (Å²) < 4.78 is 46.5. The van der Waals surface area contributed by atoms with E-state index in [0.29, 0.717) is 24.6 Å². The van der Waals surface area contributed by atoms with Crippen LogP contribution in [0, 0.1) is 17.8 Å². The molecule has 0 aromatic heterocycles. The zero-order valence-electron chi connectivity index (χ0n) is 23.7. The van der Waals surface area contributed by atoms with E-state index in [1.165, 1.54) is 16.4 Å². The molecule has 7 unspecified atom stereocenters. The fourth-order valence-corrected chi connectivity index (χ4v) is 8.34. The number of aliphatic hydroxyl groups is 1. The summed E-state index contributed by atoms with van der Waals surface area (Å²) in [7, 11) is -1.96. The monoisotopic (exact) mass is 600 g/mol. The Labute approximate surface area is 247 Å². The Hall–Kier alpha value is -2.74. The molecule has 1 aliphatic carbocycles. The minimum absolute atomic E-state index is 0.0666. The Morgan fingerprint density at radius 2 is 1.88 bits per heavy atom. The number of fused-ring (bicyclic) bond motifs is 2. The zero-order chi connectivity index (χ0) is 29.4. The predicted molar refractivity (Wildman–Crippen MR) is 155 cm³/mol. The van der Waals surface area contributed by atoms with Gasteiger partial charge in [-0.3, -0.25) is 0 Å². The van der Waals surface area contributed by atoms with Crippen LogP contribution in [0.1, 0.15) is 18.4 Å². The Morgan fingerprint density at radius 3 is 2.60 bits per heavy atom. The average molecular weight is 601 g/mol. The molecule has 3 bridgehead atoms. The lowest BCUT2D eigenvalue weighted by atomic mass is 9.78. The molecule has 4 fully saturated rings. The summed E-state index contributed by atoms with van der Waals surface area (Å²) in [6.45, 7) is 2.07. The van der Waals surface area contributed by atoms with Crippen molar-refractivity contribution in [2.24, 2.45) is 17.8 Å². The van der Waals surface area contributed by atoms with E-state index in [0.717, 1.165) is 31.5 Å². The lowest BCUT2D eigenvalue weighted by molar-refractivity contribution is -0.153. The van der Waals surface area contributed by atoms with Gasteiger partial charge in [-0.05, 0) is 62.1 Å². The summed E-state index contributed by atoms with van der Waals surface area (Å²) in [6, 6.07) is 14.7. The van der Waals surface area contributed by atoms with Crippen LogP contribution in [0.15, 0.2) is 59.5 Å². The maximum Gasteiger partial charge on any atom is 0.407 e. The molecular weight excluding hydrogens is 560 g/mol. The number of ether oxygens (including phenoxy) is 3. The van der Waals surface area contributed by atoms with E-state index in [9.17, 15) is 18.3 Å². The number of hydrogen-bond acceptors (Lipinski definition) is 9. The van der Waals surface area contributed by atoms with Crippen molar-refractivity contribution in [1.82, 2.24) is 14.5 Å². The van der Waals surface area contributed by atoms with Crippen molar-refractivity contribution < 1.29 is 32.5 Å². The number of nitrogen functional groups attached to an aromatic ring is 1. The fraction of sp³-hybridized carbons (Fsp3) is 0.567. The number of amides is 1. The van der Waals surface area contributed by atoms with Gasteiger partial charge in [0.1, 0.15) is 6.10 Å². The third-order valence-corrected chi connectivity index (χ3v) is 10.8. The van der Waals surface area contributed by atoms with Crippen molar-refractivity contribution in [2.75, 3.05) is 45.6 Å². The van der Waals surface area contributed by atoms with Crippen LogP contribution in [0.2, 0.25) is 0 Å². The molecule has 12 heteroatoms. The summed E-state index contributed by atoms with van der Waals surface area (Å²) in [5, 5.41) is 14.4. The second-order valence-electron chi connectivity index (χ2n) is 12.2. The van der Waals surface area contributed by atoms with Crippen molar-refractivity contribution in [3.63, 3.8) is 0 Å². The average Bonchev–Trinajstić information content (AvgIpc) is 3.25. The molecule has 228 valence electrons. The van der Waals surface area contributed by atoms with Crippen molar-refractivity contribution in [1.29, 1.82) is 0 Å². The Morgan fingerprint density at radius 1 is 1.14 bits per heavy atom. The SMILES string of the molecule is CN1CC(CN(CC(O)C(Cc2ccccc2)NC(=O)OC2C3COC4OC2CC4C3)S(=O)(=O)c2ccc(N)cc2)C1. The van der Waals surface area contributed by atoms with Crippen LogP contribution in [0.3, 0.4) is 0 Å². The van der Waals surface area contributed by atoms with Gasteiger partial charge in [0.15, 0.2) is 6.29 Å². The maximum absolute atomic E-state index is 13.8. The van der Waals surface area contributed by atoms with E-state index in [-0.39, 0.29) is 42.2 Å². The zero-order valence-corrected chi connectivity index (χ0v) is 24.6. The summed E-state index contributed by atoms with van der Waals surface area (Å²) in [5.74, 6) is 0.543. The van der Waals surface area contributed by atoms with Crippen LogP contribution < -0.4 is 11.1 Å². The van der Waals surface area contributed by atoms with Crippen molar-refractivity contribution >= 4 is 21.8 Å². The smallest absolute Gasteiger partial charge is 0.407 e. The van der Waals surface area contributed by atoms with E-state index >= 15 is 0 Å². The Balaban J connectivity index is 1.19. The third-order valence-electron chi connectivity index (χ3n) is 8.96. The van der Waals surface area contributed by atoms with Crippen LogP contribution in [0.4, 0.5) is 10.5 Å². The fourth-order valence-electron chi connectivity index (χ4n) is 6.81. The number of nitrogens with two attached hydrogens (primary N) is 1. The highest BCUT2D eigenvalue weighted by molar-refractivity contribution is 7.89. The van der Waals surface area contributed by atoms with Crippen molar-refractivity contribution in [3.05, 3.63) is 60.2 Å². The predicted octanol–water partition coefficient (Wildman–Crippen LogP) is 1.67. The van der Waals surface area contributed by atoms with Gasteiger partial charge in [-0.2, -0.15) is 4.31 Å². The quantitative estimate of drug-likeness (QED) is 0.328. The van der Waals surface area contributed by atoms with E-state index in [2.05, 4.69) is 10.2 Å². The first-order valence-electron chi connectivity index (χ1n) is 14.7. The summed E-state index contributed by atoms with van der Waals surface area (Å²) in [4.78, 5) is 15.5. The lowest BCUT2D eigenvalue weighted by Crippen LogP contribution is -2.55. The van der Waals surface area contributed by atoms with E-state index in [1.54, 1.807) is 12.1 Å². The molecule has 2 aromatic carbocycles. The molecular formula is C30H40N4O7S. The number of nitrogens with one attached hydrogen (secondary N) is 1. The van der Waals surface area contributed by atoms with E-state index in [1.807, 2.05) is 37.4 Å². The number of sulfonamides is 1. The molecule has 1 saturated carbocycles. The summed E-state index contributed by atoms with van der Waals surface area (Å²) in [6.07, 6.45) is -0.748. The van der Waals surface area contributed by atoms with Crippen molar-refractivity contribution in [2.45, 2.75) is 54.8 Å². The summed E-state index contributed by atoms with van der Waals surface area (Å²) in [5.41, 5.74) is 7.15. The molecule has 3 heterocycles. The molecule has 6 rings (SSSR count). The Bertz CT molecular complexity index is 1330. The number of aliphatic hydroxyl groups excluding tert-OH is 1. The third kappa shape index (κ3) is 6.29. The van der Waals surface area contributed by atoms with Gasteiger partial charge in [0.25, 0.3) is 0 Å². The largest absolute Gasteiger partial charge is 0.443 e. The van der Waals surface area contributed by atoms with Gasteiger partial charge in [0.05, 0.1) is 29.8 Å².